The van der Waals surface area contributed by atoms with Gasteiger partial charge in [0.2, 0.25) is 17.7 Å². The minimum Gasteiger partial charge on any atom is -0.481 e. The number of aromatic nitrogens is 14. The van der Waals surface area contributed by atoms with Crippen LogP contribution >= 0.6 is 0 Å². The zero-order valence-corrected chi connectivity index (χ0v) is 46.0. The Morgan fingerprint density at radius 3 is 1.60 bits per heavy atom. The standard InChI is InChI=1S/C27H27F3N8O2.C27H25F3N8O.C2H4O2.CH4/c1-4-21(39)35-19-13-32-25(22-23(17-7-8-17)33-14-34-26(22)40-3)36-24(19)31-12-16-5-9-18(10-6-16)38-15(2)11-20(37-38)27(28,29)30;1-4-21-34-19-12-31-24(22-23(17-7-8-17)32-14-33-26(22)39-3)35-25(19)37(21)13-16-5-9-18(10-6-16)38-15(2)11-20(36-38)27(28,29)30;1-2(3)4;/h5-6,9-11,13-14,17H,4,7-8,12H2,1-3H3,(H,35,39)(H,31,32,36);5-6,9-12,14,17H,4,7-8,13H2,1-3H3;1H3,(H,3,4);1H4. The summed E-state index contributed by atoms with van der Waals surface area (Å²) in [5, 5.41) is 20.9. The number of hydrogen-bond donors (Lipinski definition) is 3. The zero-order valence-electron chi connectivity index (χ0n) is 46.0. The van der Waals surface area contributed by atoms with E-state index in [4.69, 9.17) is 34.3 Å². The van der Waals surface area contributed by atoms with E-state index in [2.05, 4.69) is 50.7 Å². The highest BCUT2D eigenvalue weighted by Crippen LogP contribution is 2.46. The van der Waals surface area contributed by atoms with Crippen LogP contribution in [0, 0.1) is 13.8 Å². The molecule has 3 N–H and O–H groups in total. The van der Waals surface area contributed by atoms with Gasteiger partial charge in [0.1, 0.15) is 40.8 Å². The van der Waals surface area contributed by atoms with Gasteiger partial charge in [0, 0.05) is 49.5 Å². The van der Waals surface area contributed by atoms with Gasteiger partial charge in [-0.25, -0.2) is 54.2 Å². The molecule has 1 amide bonds. The summed E-state index contributed by atoms with van der Waals surface area (Å²) in [6.45, 7) is 8.80. The fraction of sp³-hybridized carbons (Fsp3) is 0.351. The molecule has 2 saturated carbocycles. The van der Waals surface area contributed by atoms with E-state index in [9.17, 15) is 31.1 Å². The summed E-state index contributed by atoms with van der Waals surface area (Å²) in [6.07, 6.45) is 2.28. The largest absolute Gasteiger partial charge is 0.481 e. The number of halogens is 6. The summed E-state index contributed by atoms with van der Waals surface area (Å²) in [5.41, 5.74) is 6.50. The van der Waals surface area contributed by atoms with E-state index in [1.165, 1.54) is 35.3 Å². The number of imidazole rings is 1. The number of methoxy groups -OCH3 is 2. The van der Waals surface area contributed by atoms with Gasteiger partial charge in [-0.05, 0) is 87.1 Å². The smallest absolute Gasteiger partial charge is 0.435 e. The monoisotopic (exact) mass is 1160 g/mol. The zero-order chi connectivity index (χ0) is 59.3. The molecule has 0 bridgehead atoms. The lowest BCUT2D eigenvalue weighted by atomic mass is 10.1. The lowest BCUT2D eigenvalue weighted by molar-refractivity contribution is -0.142. The molecule has 7 aromatic heterocycles. The van der Waals surface area contributed by atoms with Crippen LogP contribution in [0.15, 0.2) is 85.7 Å². The number of carboxylic acids is 1. The Kier molecular flexibility index (Phi) is 18.3. The first-order chi connectivity index (χ1) is 39.7. The van der Waals surface area contributed by atoms with E-state index in [1.807, 2.05) is 23.6 Å². The fourth-order valence-corrected chi connectivity index (χ4v) is 8.93. The molecule has 0 unspecified atom stereocenters. The third kappa shape index (κ3) is 13.9. The normalized spacial score (nSPS) is 13.0. The summed E-state index contributed by atoms with van der Waals surface area (Å²) in [6, 6.07) is 16.3. The number of fused-ring (bicyclic) bond motifs is 1. The maximum Gasteiger partial charge on any atom is 0.435 e. The number of amides is 1. The van der Waals surface area contributed by atoms with Crippen molar-refractivity contribution in [1.82, 2.24) is 69.0 Å². The number of nitrogens with one attached hydrogen (secondary N) is 2. The van der Waals surface area contributed by atoms with Gasteiger partial charge in [0.15, 0.2) is 34.5 Å². The minimum absolute atomic E-state index is 0. The van der Waals surface area contributed by atoms with E-state index in [-0.39, 0.29) is 25.7 Å². The highest BCUT2D eigenvalue weighted by atomic mass is 19.4. The van der Waals surface area contributed by atoms with Crippen LogP contribution in [-0.4, -0.2) is 100 Å². The van der Waals surface area contributed by atoms with Gasteiger partial charge in [0.05, 0.1) is 55.9 Å². The first-order valence-electron chi connectivity index (χ1n) is 26.2. The van der Waals surface area contributed by atoms with Crippen molar-refractivity contribution in [2.24, 2.45) is 0 Å². The van der Waals surface area contributed by atoms with Gasteiger partial charge in [-0.15, -0.1) is 0 Å². The molecule has 27 heteroatoms. The second kappa shape index (κ2) is 25.4. The molecule has 2 aliphatic carbocycles. The molecule has 2 aromatic carbocycles. The molecular formula is C57H60F6N16O5. The molecule has 11 rings (SSSR count). The quantitative estimate of drug-likeness (QED) is 0.0760. The summed E-state index contributed by atoms with van der Waals surface area (Å²) in [5.74, 6) is 2.48. The summed E-state index contributed by atoms with van der Waals surface area (Å²) in [4.78, 5) is 62.1. The number of carbonyl (C=O) groups is 2. The Bertz CT molecular complexity index is 3800. The number of anilines is 2. The maximum absolute atomic E-state index is 13.1. The van der Waals surface area contributed by atoms with Crippen molar-refractivity contribution in [2.45, 2.75) is 118 Å². The van der Waals surface area contributed by atoms with Crippen molar-refractivity contribution in [3.8, 4) is 45.9 Å². The Morgan fingerprint density at radius 2 is 1.15 bits per heavy atom. The lowest BCUT2D eigenvalue weighted by Crippen LogP contribution is -2.14. The van der Waals surface area contributed by atoms with E-state index in [1.54, 1.807) is 70.5 Å². The highest BCUT2D eigenvalue weighted by Gasteiger charge is 2.37. The van der Waals surface area contributed by atoms with E-state index in [0.29, 0.717) is 105 Å². The third-order valence-electron chi connectivity index (χ3n) is 13.2. The van der Waals surface area contributed by atoms with Crippen LogP contribution in [0.1, 0.15) is 123 Å². The van der Waals surface area contributed by atoms with E-state index >= 15 is 0 Å². The number of aryl methyl sites for hydroxylation is 3. The molecule has 21 nitrogen and oxygen atoms in total. The van der Waals surface area contributed by atoms with Crippen LogP contribution < -0.4 is 20.1 Å². The number of carbonyl (C=O) groups excluding carboxylic acids is 1. The van der Waals surface area contributed by atoms with Gasteiger partial charge in [-0.1, -0.05) is 45.5 Å². The third-order valence-corrected chi connectivity index (χ3v) is 13.2. The van der Waals surface area contributed by atoms with Crippen LogP contribution in [0.5, 0.6) is 11.8 Å². The Balaban J connectivity index is 0.000000204. The molecule has 440 valence electrons. The molecule has 2 aliphatic rings. The average molecular weight is 1160 g/mol. The number of aliphatic carboxylic acids is 1. The molecule has 0 radical (unpaired) electrons. The average Bonchev–Trinajstić information content (AvgIpc) is 3.33. The number of rotatable bonds is 16. The van der Waals surface area contributed by atoms with Crippen LogP contribution in [0.25, 0.3) is 45.3 Å². The van der Waals surface area contributed by atoms with E-state index in [0.717, 1.165) is 73.1 Å². The molecule has 0 spiro atoms. The number of nitrogens with zero attached hydrogens (tertiary/aromatic N) is 14. The maximum atomic E-state index is 13.1. The second-order valence-electron chi connectivity index (χ2n) is 19.4. The predicted molar refractivity (Wildman–Crippen MR) is 298 cm³/mol. The van der Waals surface area contributed by atoms with Crippen LogP contribution in [0.2, 0.25) is 0 Å². The van der Waals surface area contributed by atoms with E-state index < -0.39 is 29.7 Å². The highest BCUT2D eigenvalue weighted by molar-refractivity contribution is 5.93. The van der Waals surface area contributed by atoms with Crippen LogP contribution in [0.3, 0.4) is 0 Å². The van der Waals surface area contributed by atoms with Gasteiger partial charge < -0.3 is 29.8 Å². The van der Waals surface area contributed by atoms with Crippen molar-refractivity contribution in [2.75, 3.05) is 24.9 Å². The van der Waals surface area contributed by atoms with Crippen LogP contribution in [0.4, 0.5) is 37.8 Å². The molecule has 7 heterocycles. The summed E-state index contributed by atoms with van der Waals surface area (Å²) < 4.78 is 94.1. The Labute approximate surface area is 478 Å². The van der Waals surface area contributed by atoms with Crippen molar-refractivity contribution in [3.05, 3.63) is 137 Å². The molecular weight excluding hydrogens is 1100 g/mol. The SMILES string of the molecule is C.CC(=O)O.CCC(=O)Nc1cnc(-c2c(OC)ncnc2C2CC2)nc1NCc1ccc(-n2nc(C(F)(F)F)cc2C)cc1.CCc1nc2cnc(-c3c(OC)ncnc3C3CC3)nc2n1Cc1ccc(-n2nc(C(F)(F)F)cc2C)cc1. The number of benzene rings is 2. The van der Waals surface area contributed by atoms with Gasteiger partial charge in [-0.3, -0.25) is 9.59 Å². The molecule has 9 aromatic rings. The van der Waals surface area contributed by atoms with Crippen molar-refractivity contribution in [1.29, 1.82) is 0 Å². The molecule has 0 atom stereocenters. The number of ether oxygens (including phenoxy) is 2. The molecule has 2 fully saturated rings. The molecule has 84 heavy (non-hydrogen) atoms. The molecule has 0 aliphatic heterocycles. The number of carboxylic acid groups (broad SMARTS) is 1. The summed E-state index contributed by atoms with van der Waals surface area (Å²) in [7, 11) is 3.09. The first kappa shape index (κ1) is 60.7. The molecule has 0 saturated heterocycles. The van der Waals surface area contributed by atoms with Crippen molar-refractivity contribution >= 4 is 34.5 Å². The predicted octanol–water partition coefficient (Wildman–Crippen LogP) is 11.3. The fourth-order valence-electron chi connectivity index (χ4n) is 8.93. The Morgan fingerprint density at radius 1 is 0.679 bits per heavy atom. The first-order valence-corrected chi connectivity index (χ1v) is 26.2. The van der Waals surface area contributed by atoms with Gasteiger partial charge in [0.25, 0.3) is 5.97 Å². The van der Waals surface area contributed by atoms with Crippen molar-refractivity contribution < 1.29 is 50.5 Å². The summed E-state index contributed by atoms with van der Waals surface area (Å²) >= 11 is 0. The Hall–Kier alpha value is -9.43. The lowest BCUT2D eigenvalue weighted by Gasteiger charge is -2.15. The second-order valence-corrected chi connectivity index (χ2v) is 19.4. The topological polar surface area (TPSA) is 253 Å². The van der Waals surface area contributed by atoms with Crippen molar-refractivity contribution in [3.63, 3.8) is 0 Å². The minimum atomic E-state index is -4.52. The van der Waals surface area contributed by atoms with Crippen LogP contribution in [-0.2, 0) is 41.5 Å². The number of alkyl halides is 6. The van der Waals surface area contributed by atoms with Gasteiger partial charge in [-0.2, -0.15) is 36.5 Å². The number of hydrogen-bond acceptors (Lipinski definition) is 16. The van der Waals surface area contributed by atoms with Gasteiger partial charge >= 0.3 is 12.4 Å².